The monoisotopic (exact) mass is 332 g/mol. The number of aryl methyl sites for hydroxylation is 2. The summed E-state index contributed by atoms with van der Waals surface area (Å²) in [6.07, 6.45) is 3.18. The number of carbonyl (C=O) groups excluding carboxylic acids is 2. The Morgan fingerprint density at radius 2 is 1.83 bits per heavy atom. The van der Waals surface area contributed by atoms with E-state index in [9.17, 15) is 14.4 Å². The minimum atomic E-state index is -0.475. The summed E-state index contributed by atoms with van der Waals surface area (Å²) >= 11 is 0. The summed E-state index contributed by atoms with van der Waals surface area (Å²) < 4.78 is 8.00. The van der Waals surface area contributed by atoms with E-state index >= 15 is 0 Å². The number of amides is 2. The number of anilines is 2. The van der Waals surface area contributed by atoms with Crippen molar-refractivity contribution in [3.05, 3.63) is 46.6 Å². The molecule has 0 bridgehead atoms. The molecule has 8 nitrogen and oxygen atoms in total. The Morgan fingerprint density at radius 1 is 1.12 bits per heavy atom. The average Bonchev–Trinajstić information content (AvgIpc) is 2.89. The highest BCUT2D eigenvalue weighted by molar-refractivity contribution is 6.00. The molecule has 0 atom stereocenters. The van der Waals surface area contributed by atoms with E-state index in [0.717, 1.165) is 0 Å². The predicted molar refractivity (Wildman–Crippen MR) is 90.4 cm³/mol. The molecule has 24 heavy (non-hydrogen) atoms. The third-order valence-corrected chi connectivity index (χ3v) is 3.33. The molecule has 2 aromatic heterocycles. The summed E-state index contributed by atoms with van der Waals surface area (Å²) in [5.74, 6) is -0.455. The van der Waals surface area contributed by atoms with Gasteiger partial charge in [-0.2, -0.15) is 0 Å². The number of hydrogen-bond acceptors (Lipinski definition) is 4. The van der Waals surface area contributed by atoms with Crippen LogP contribution in [-0.4, -0.2) is 27.7 Å². The van der Waals surface area contributed by atoms with Gasteiger partial charge in [-0.3, -0.25) is 4.79 Å². The van der Waals surface area contributed by atoms with Gasteiger partial charge in [0.05, 0.1) is 18.0 Å². The molecule has 2 rings (SSSR count). The lowest BCUT2D eigenvalue weighted by molar-refractivity contribution is 0.0515. The highest BCUT2D eigenvalue weighted by Gasteiger charge is 2.14. The molecule has 0 radical (unpaired) electrons. The van der Waals surface area contributed by atoms with Gasteiger partial charge >= 0.3 is 12.0 Å². The minimum Gasteiger partial charge on any atom is -0.461 e. The molecule has 2 aromatic rings. The molecule has 0 fully saturated rings. The number of aromatic nitrogens is 2. The first-order valence-electron chi connectivity index (χ1n) is 7.56. The van der Waals surface area contributed by atoms with E-state index in [1.807, 2.05) is 6.92 Å². The van der Waals surface area contributed by atoms with Crippen molar-refractivity contribution in [2.45, 2.75) is 20.4 Å². The zero-order valence-electron chi connectivity index (χ0n) is 13.8. The number of hydrogen-bond donors (Lipinski definition) is 2. The topological polar surface area (TPSA) is 94.4 Å². The second kappa shape index (κ2) is 7.49. The quantitative estimate of drug-likeness (QED) is 0.819. The van der Waals surface area contributed by atoms with Crippen LogP contribution in [0.2, 0.25) is 0 Å². The average molecular weight is 332 g/mol. The number of carbonyl (C=O) groups is 2. The summed E-state index contributed by atoms with van der Waals surface area (Å²) in [7, 11) is 1.69. The van der Waals surface area contributed by atoms with Crippen LogP contribution in [0.15, 0.2) is 35.4 Å². The largest absolute Gasteiger partial charge is 0.461 e. The molecule has 0 aromatic carbocycles. The molecule has 0 spiro atoms. The maximum Gasteiger partial charge on any atom is 0.355 e. The molecule has 128 valence electrons. The van der Waals surface area contributed by atoms with Crippen molar-refractivity contribution in [3.63, 3.8) is 0 Å². The van der Waals surface area contributed by atoms with Crippen molar-refractivity contribution in [1.82, 2.24) is 9.13 Å². The van der Waals surface area contributed by atoms with Gasteiger partial charge in [0.2, 0.25) is 0 Å². The Hall–Kier alpha value is -3.03. The molecule has 0 aliphatic rings. The first-order valence-corrected chi connectivity index (χ1v) is 7.56. The summed E-state index contributed by atoms with van der Waals surface area (Å²) in [5, 5.41) is 5.27. The minimum absolute atomic E-state index is 0.134. The number of pyridine rings is 1. The molecule has 0 unspecified atom stereocenters. The second-order valence-electron chi connectivity index (χ2n) is 5.07. The molecule has 0 aliphatic heterocycles. The van der Waals surface area contributed by atoms with E-state index in [4.69, 9.17) is 4.74 Å². The first-order chi connectivity index (χ1) is 11.4. The third kappa shape index (κ3) is 4.03. The fraction of sp³-hybridized carbons (Fsp3) is 0.312. The van der Waals surface area contributed by atoms with Crippen LogP contribution in [0, 0.1) is 0 Å². The number of nitrogens with one attached hydrogen (secondary N) is 2. The normalized spacial score (nSPS) is 10.3. The van der Waals surface area contributed by atoms with Crippen molar-refractivity contribution in [1.29, 1.82) is 0 Å². The number of ether oxygens (including phenoxy) is 1. The molecule has 2 amide bonds. The van der Waals surface area contributed by atoms with Crippen LogP contribution in [-0.2, 0) is 18.3 Å². The van der Waals surface area contributed by atoms with Crippen LogP contribution >= 0.6 is 0 Å². The molecule has 0 aliphatic carbocycles. The number of rotatable bonds is 5. The first kappa shape index (κ1) is 17.3. The predicted octanol–water partition coefficient (Wildman–Crippen LogP) is 2.03. The van der Waals surface area contributed by atoms with Crippen LogP contribution in [0.4, 0.5) is 16.2 Å². The van der Waals surface area contributed by atoms with Gasteiger partial charge in [0, 0.05) is 32.1 Å². The van der Waals surface area contributed by atoms with Gasteiger partial charge in [0.15, 0.2) is 0 Å². The zero-order chi connectivity index (χ0) is 17.7. The fourth-order valence-electron chi connectivity index (χ4n) is 2.19. The van der Waals surface area contributed by atoms with Gasteiger partial charge in [-0.1, -0.05) is 0 Å². The van der Waals surface area contributed by atoms with Crippen molar-refractivity contribution in [2.75, 3.05) is 17.2 Å². The molecular weight excluding hydrogens is 312 g/mol. The molecule has 8 heteroatoms. The standard InChI is InChI=1S/C16H20N4O4/c1-4-20-10-11(6-7-14(20)21)17-16(23)18-12-8-13(19(3)9-12)15(22)24-5-2/h6-10H,4-5H2,1-3H3,(H2,17,18,23). The van der Waals surface area contributed by atoms with Gasteiger partial charge in [0.1, 0.15) is 5.69 Å². The van der Waals surface area contributed by atoms with E-state index in [1.165, 1.54) is 22.8 Å². The lowest BCUT2D eigenvalue weighted by Gasteiger charge is -2.08. The van der Waals surface area contributed by atoms with Crippen LogP contribution < -0.4 is 16.2 Å². The van der Waals surface area contributed by atoms with Crippen molar-refractivity contribution < 1.29 is 14.3 Å². The molecule has 0 saturated carbocycles. The van der Waals surface area contributed by atoms with Crippen LogP contribution in [0.25, 0.3) is 0 Å². The Bertz CT molecular complexity index is 807. The highest BCUT2D eigenvalue weighted by Crippen LogP contribution is 2.14. The molecule has 0 saturated heterocycles. The van der Waals surface area contributed by atoms with Gasteiger partial charge in [-0.25, -0.2) is 9.59 Å². The van der Waals surface area contributed by atoms with Crippen LogP contribution in [0.1, 0.15) is 24.3 Å². The maximum atomic E-state index is 12.0. The lowest BCUT2D eigenvalue weighted by atomic mass is 10.4. The Balaban J connectivity index is 2.06. The lowest BCUT2D eigenvalue weighted by Crippen LogP contribution is -2.22. The van der Waals surface area contributed by atoms with Gasteiger partial charge in [-0.15, -0.1) is 0 Å². The van der Waals surface area contributed by atoms with Gasteiger partial charge < -0.3 is 24.5 Å². The summed E-state index contributed by atoms with van der Waals surface area (Å²) in [4.78, 5) is 35.3. The van der Waals surface area contributed by atoms with Crippen LogP contribution in [0.3, 0.4) is 0 Å². The van der Waals surface area contributed by atoms with Gasteiger partial charge in [-0.05, 0) is 26.0 Å². The zero-order valence-corrected chi connectivity index (χ0v) is 13.8. The SMILES string of the molecule is CCOC(=O)c1cc(NC(=O)Nc2ccc(=O)n(CC)c2)cn1C. The highest BCUT2D eigenvalue weighted by atomic mass is 16.5. The summed E-state index contributed by atoms with van der Waals surface area (Å²) in [6, 6.07) is 3.98. The van der Waals surface area contributed by atoms with E-state index in [-0.39, 0.29) is 12.2 Å². The molecule has 2 heterocycles. The number of esters is 1. The van der Waals surface area contributed by atoms with Gasteiger partial charge in [0.25, 0.3) is 5.56 Å². The molecular formula is C16H20N4O4. The summed E-state index contributed by atoms with van der Waals surface area (Å²) in [5.41, 5.74) is 1.16. The Kier molecular flexibility index (Phi) is 5.41. The van der Waals surface area contributed by atoms with E-state index < -0.39 is 12.0 Å². The van der Waals surface area contributed by atoms with E-state index in [0.29, 0.717) is 23.6 Å². The number of urea groups is 1. The van der Waals surface area contributed by atoms with Crippen molar-refractivity contribution in [2.24, 2.45) is 7.05 Å². The Labute approximate surface area is 139 Å². The third-order valence-electron chi connectivity index (χ3n) is 3.33. The van der Waals surface area contributed by atoms with E-state index in [1.54, 1.807) is 30.9 Å². The number of nitrogens with zero attached hydrogens (tertiary/aromatic N) is 2. The Morgan fingerprint density at radius 3 is 2.50 bits per heavy atom. The second-order valence-corrected chi connectivity index (χ2v) is 5.07. The molecule has 2 N–H and O–H groups in total. The van der Waals surface area contributed by atoms with E-state index in [2.05, 4.69) is 10.6 Å². The van der Waals surface area contributed by atoms with Crippen molar-refractivity contribution >= 4 is 23.4 Å². The van der Waals surface area contributed by atoms with Crippen LogP contribution in [0.5, 0.6) is 0 Å². The fourth-order valence-corrected chi connectivity index (χ4v) is 2.19. The maximum absolute atomic E-state index is 12.0. The summed E-state index contributed by atoms with van der Waals surface area (Å²) in [6.45, 7) is 4.35. The smallest absolute Gasteiger partial charge is 0.355 e. The van der Waals surface area contributed by atoms with Crippen molar-refractivity contribution in [3.8, 4) is 0 Å².